The standard InChI is InChI=1S/C14H25N5/c1-17-8-6-16-13(17)9-18(2)14(10-15)5-7-19(11-14)12-3-4-12/h6,8,12H,3-5,7,9-11,15H2,1-2H3. The molecular weight excluding hydrogens is 238 g/mol. The van der Waals surface area contributed by atoms with E-state index in [1.165, 1.54) is 25.8 Å². The van der Waals surface area contributed by atoms with Gasteiger partial charge >= 0.3 is 0 Å². The number of nitrogens with two attached hydrogens (primary N) is 1. The lowest BCUT2D eigenvalue weighted by molar-refractivity contribution is 0.116. The molecule has 0 bridgehead atoms. The maximum atomic E-state index is 6.12. The molecule has 2 aliphatic rings. The molecule has 5 nitrogen and oxygen atoms in total. The van der Waals surface area contributed by atoms with Crippen LogP contribution in [0.1, 0.15) is 25.1 Å². The zero-order chi connectivity index (χ0) is 13.5. The van der Waals surface area contributed by atoms with Gasteiger partial charge in [-0.3, -0.25) is 9.80 Å². The number of likely N-dealkylation sites (N-methyl/N-ethyl adjacent to an activating group) is 1. The van der Waals surface area contributed by atoms with Gasteiger partial charge in [-0.05, 0) is 26.3 Å². The second-order valence-corrected chi connectivity index (χ2v) is 6.19. The van der Waals surface area contributed by atoms with Gasteiger partial charge in [0, 0.05) is 50.7 Å². The zero-order valence-corrected chi connectivity index (χ0v) is 12.0. The number of rotatable bonds is 5. The number of hydrogen-bond acceptors (Lipinski definition) is 4. The molecule has 1 aliphatic carbocycles. The van der Waals surface area contributed by atoms with Crippen LogP contribution in [-0.4, -0.2) is 57.6 Å². The van der Waals surface area contributed by atoms with Gasteiger partial charge in [-0.25, -0.2) is 4.98 Å². The molecule has 0 spiro atoms. The largest absolute Gasteiger partial charge is 0.337 e. The quantitative estimate of drug-likeness (QED) is 0.836. The highest BCUT2D eigenvalue weighted by atomic mass is 15.3. The predicted octanol–water partition coefficient (Wildman–Crippen LogP) is 0.418. The summed E-state index contributed by atoms with van der Waals surface area (Å²) in [6, 6.07) is 0.843. The van der Waals surface area contributed by atoms with Crippen molar-refractivity contribution < 1.29 is 0 Å². The molecule has 1 unspecified atom stereocenters. The van der Waals surface area contributed by atoms with Crippen LogP contribution < -0.4 is 5.73 Å². The highest BCUT2D eigenvalue weighted by molar-refractivity contribution is 5.04. The van der Waals surface area contributed by atoms with Crippen molar-refractivity contribution >= 4 is 0 Å². The van der Waals surface area contributed by atoms with Gasteiger partial charge in [-0.1, -0.05) is 0 Å². The summed E-state index contributed by atoms with van der Waals surface area (Å²) in [4.78, 5) is 9.47. The maximum absolute atomic E-state index is 6.12. The SMILES string of the molecule is CN(Cc1nccn1C)C1(CN)CCN(C2CC2)C1. The van der Waals surface area contributed by atoms with Gasteiger partial charge in [0.15, 0.2) is 0 Å². The average Bonchev–Trinajstić information content (AvgIpc) is 3.04. The second-order valence-electron chi connectivity index (χ2n) is 6.19. The van der Waals surface area contributed by atoms with Crippen molar-refractivity contribution in [2.75, 3.05) is 26.7 Å². The Hall–Kier alpha value is -0.910. The molecule has 1 saturated heterocycles. The first-order chi connectivity index (χ1) is 9.14. The van der Waals surface area contributed by atoms with E-state index >= 15 is 0 Å². The number of hydrogen-bond donors (Lipinski definition) is 1. The van der Waals surface area contributed by atoms with Crippen LogP contribution in [0.3, 0.4) is 0 Å². The normalized spacial score (nSPS) is 28.4. The molecule has 1 aromatic heterocycles. The van der Waals surface area contributed by atoms with Gasteiger partial charge in [0.25, 0.3) is 0 Å². The first kappa shape index (κ1) is 13.1. The van der Waals surface area contributed by atoms with E-state index in [1.807, 2.05) is 12.4 Å². The first-order valence-electron chi connectivity index (χ1n) is 7.26. The molecule has 1 aromatic rings. The third-order valence-corrected chi connectivity index (χ3v) is 4.91. The van der Waals surface area contributed by atoms with E-state index < -0.39 is 0 Å². The van der Waals surface area contributed by atoms with E-state index in [1.54, 1.807) is 0 Å². The highest BCUT2D eigenvalue weighted by Gasteiger charge is 2.44. The molecule has 1 aliphatic heterocycles. The number of nitrogens with zero attached hydrogens (tertiary/aromatic N) is 4. The van der Waals surface area contributed by atoms with E-state index in [4.69, 9.17) is 5.73 Å². The molecule has 19 heavy (non-hydrogen) atoms. The highest BCUT2D eigenvalue weighted by Crippen LogP contribution is 2.35. The molecule has 2 N–H and O–H groups in total. The molecule has 5 heteroatoms. The minimum atomic E-state index is 0.133. The van der Waals surface area contributed by atoms with Crippen molar-refractivity contribution in [2.45, 2.75) is 37.4 Å². The van der Waals surface area contributed by atoms with E-state index in [-0.39, 0.29) is 5.54 Å². The third-order valence-electron chi connectivity index (χ3n) is 4.91. The fourth-order valence-corrected chi connectivity index (χ4v) is 3.20. The van der Waals surface area contributed by atoms with Crippen molar-refractivity contribution in [3.05, 3.63) is 18.2 Å². The van der Waals surface area contributed by atoms with Gasteiger partial charge < -0.3 is 10.3 Å². The summed E-state index contributed by atoms with van der Waals surface area (Å²) in [5.74, 6) is 1.11. The summed E-state index contributed by atoms with van der Waals surface area (Å²) in [5, 5.41) is 0. The van der Waals surface area contributed by atoms with Gasteiger partial charge in [-0.15, -0.1) is 0 Å². The molecule has 1 atom stereocenters. The Bertz CT molecular complexity index is 439. The van der Waals surface area contributed by atoms with Crippen molar-refractivity contribution in [3.63, 3.8) is 0 Å². The molecule has 1 saturated carbocycles. The summed E-state index contributed by atoms with van der Waals surface area (Å²) in [6.07, 6.45) is 7.81. The zero-order valence-electron chi connectivity index (χ0n) is 12.0. The van der Waals surface area contributed by atoms with Gasteiger partial charge in [0.2, 0.25) is 0 Å². The van der Waals surface area contributed by atoms with Crippen LogP contribution in [0.15, 0.2) is 12.4 Å². The molecule has 0 amide bonds. The Morgan fingerprint density at radius 1 is 1.53 bits per heavy atom. The van der Waals surface area contributed by atoms with Crippen LogP contribution >= 0.6 is 0 Å². The van der Waals surface area contributed by atoms with Crippen molar-refractivity contribution in [2.24, 2.45) is 12.8 Å². The Balaban J connectivity index is 1.69. The summed E-state index contributed by atoms with van der Waals surface area (Å²) in [6.45, 7) is 3.93. The van der Waals surface area contributed by atoms with Crippen molar-refractivity contribution in [1.29, 1.82) is 0 Å². The number of likely N-dealkylation sites (tertiary alicyclic amines) is 1. The minimum Gasteiger partial charge on any atom is -0.337 e. The van der Waals surface area contributed by atoms with Crippen LogP contribution in [0.25, 0.3) is 0 Å². The molecular formula is C14H25N5. The summed E-state index contributed by atoms with van der Waals surface area (Å²) < 4.78 is 2.09. The van der Waals surface area contributed by atoms with Crippen LogP contribution in [0.2, 0.25) is 0 Å². The van der Waals surface area contributed by atoms with Crippen molar-refractivity contribution in [3.8, 4) is 0 Å². The maximum Gasteiger partial charge on any atom is 0.122 e. The van der Waals surface area contributed by atoms with E-state index in [2.05, 4.69) is 33.4 Å². The Morgan fingerprint density at radius 3 is 2.89 bits per heavy atom. The average molecular weight is 263 g/mol. The summed E-state index contributed by atoms with van der Waals surface area (Å²) >= 11 is 0. The van der Waals surface area contributed by atoms with Crippen LogP contribution in [0, 0.1) is 0 Å². The van der Waals surface area contributed by atoms with Crippen LogP contribution in [0.4, 0.5) is 0 Å². The van der Waals surface area contributed by atoms with Gasteiger partial charge in [-0.2, -0.15) is 0 Å². The lowest BCUT2D eigenvalue weighted by Crippen LogP contribution is -2.53. The monoisotopic (exact) mass is 263 g/mol. The Labute approximate surface area is 115 Å². The predicted molar refractivity (Wildman–Crippen MR) is 75.7 cm³/mol. The molecule has 2 fully saturated rings. The lowest BCUT2D eigenvalue weighted by Gasteiger charge is -2.37. The molecule has 106 valence electrons. The Kier molecular flexibility index (Phi) is 3.37. The minimum absolute atomic E-state index is 0.133. The van der Waals surface area contributed by atoms with E-state index in [0.29, 0.717) is 0 Å². The van der Waals surface area contributed by atoms with E-state index in [9.17, 15) is 0 Å². The molecule has 0 aromatic carbocycles. The molecule has 2 heterocycles. The van der Waals surface area contributed by atoms with Gasteiger partial charge in [0.1, 0.15) is 5.82 Å². The molecule has 3 rings (SSSR count). The Morgan fingerprint density at radius 2 is 2.32 bits per heavy atom. The smallest absolute Gasteiger partial charge is 0.122 e. The van der Waals surface area contributed by atoms with E-state index in [0.717, 1.165) is 31.5 Å². The van der Waals surface area contributed by atoms with Crippen LogP contribution in [-0.2, 0) is 13.6 Å². The topological polar surface area (TPSA) is 50.3 Å². The lowest BCUT2D eigenvalue weighted by atomic mass is 9.96. The number of aryl methyl sites for hydroxylation is 1. The van der Waals surface area contributed by atoms with Crippen molar-refractivity contribution in [1.82, 2.24) is 19.4 Å². The number of aromatic nitrogens is 2. The number of imidazole rings is 1. The van der Waals surface area contributed by atoms with Crippen LogP contribution in [0.5, 0.6) is 0 Å². The fraction of sp³-hybridized carbons (Fsp3) is 0.786. The van der Waals surface area contributed by atoms with Gasteiger partial charge in [0.05, 0.1) is 6.54 Å². The first-order valence-corrected chi connectivity index (χ1v) is 7.26. The second kappa shape index (κ2) is 4.89. The summed E-state index contributed by atoms with van der Waals surface area (Å²) in [7, 11) is 4.24. The third kappa shape index (κ3) is 2.42. The summed E-state index contributed by atoms with van der Waals surface area (Å²) in [5.41, 5.74) is 6.26. The fourth-order valence-electron chi connectivity index (χ4n) is 3.20. The molecule has 0 radical (unpaired) electrons.